The fourth-order valence-electron chi connectivity index (χ4n) is 3.36. The Hall–Kier alpha value is -4.04. The molecule has 0 aliphatic carbocycles. The molecule has 0 heterocycles. The fourth-order valence-corrected chi connectivity index (χ4v) is 3.36. The molecule has 5 amide bonds. The second-order valence-corrected chi connectivity index (χ2v) is 8.44. The van der Waals surface area contributed by atoms with Crippen LogP contribution in [0.4, 0.5) is 0 Å². The normalized spacial score (nSPS) is 13.9. The number of carboxylic acid groups (broad SMARTS) is 1. The monoisotopic (exact) mass is 521 g/mol. The number of hydrogen-bond acceptors (Lipinski definition) is 8. The standard InChI is InChI=1S/C23H35N7O7/c24-9-5-4-8-15(28-20(33)14(25)10-13-6-2-1-3-7-13)21(34)29-16(11-18(26)31)22(35)30-17(23(36)37)12-19(27)32/h1-3,6-7,14-17H,4-5,8-12,24-25H2,(H2,26,31)(H2,27,32)(H,28,33)(H,29,34)(H,30,35)(H,36,37). The number of carbonyl (C=O) groups is 6. The van der Waals surface area contributed by atoms with Crippen LogP contribution in [-0.2, 0) is 35.2 Å². The molecule has 204 valence electrons. The van der Waals surface area contributed by atoms with Crippen molar-refractivity contribution in [1.82, 2.24) is 16.0 Å². The Kier molecular flexibility index (Phi) is 13.3. The zero-order valence-corrected chi connectivity index (χ0v) is 20.4. The third kappa shape index (κ3) is 12.0. The van der Waals surface area contributed by atoms with Gasteiger partial charge >= 0.3 is 5.97 Å². The maximum atomic E-state index is 13.0. The van der Waals surface area contributed by atoms with Gasteiger partial charge in [-0.1, -0.05) is 30.3 Å². The Morgan fingerprint density at radius 2 is 1.27 bits per heavy atom. The molecule has 0 aliphatic rings. The summed E-state index contributed by atoms with van der Waals surface area (Å²) in [6.07, 6.45) is -0.0134. The number of nitrogens with one attached hydrogen (secondary N) is 3. The molecular formula is C23H35N7O7. The highest BCUT2D eigenvalue weighted by atomic mass is 16.4. The summed E-state index contributed by atoms with van der Waals surface area (Å²) in [7, 11) is 0. The van der Waals surface area contributed by atoms with Crippen LogP contribution in [0.15, 0.2) is 30.3 Å². The van der Waals surface area contributed by atoms with E-state index in [9.17, 15) is 33.9 Å². The summed E-state index contributed by atoms with van der Waals surface area (Å²) in [6.45, 7) is 0.346. The number of unbranched alkanes of at least 4 members (excludes halogenated alkanes) is 1. The maximum Gasteiger partial charge on any atom is 0.326 e. The highest BCUT2D eigenvalue weighted by molar-refractivity contribution is 5.96. The molecule has 0 aromatic heterocycles. The van der Waals surface area contributed by atoms with Crippen molar-refractivity contribution in [2.45, 2.75) is 62.7 Å². The highest BCUT2D eigenvalue weighted by Gasteiger charge is 2.31. The van der Waals surface area contributed by atoms with Crippen molar-refractivity contribution in [3.8, 4) is 0 Å². The first kappa shape index (κ1) is 31.0. The van der Waals surface area contributed by atoms with Gasteiger partial charge in [0.1, 0.15) is 18.1 Å². The lowest BCUT2D eigenvalue weighted by atomic mass is 10.0. The van der Waals surface area contributed by atoms with Crippen LogP contribution in [0, 0.1) is 0 Å². The first-order valence-electron chi connectivity index (χ1n) is 11.6. The molecular weight excluding hydrogens is 486 g/mol. The van der Waals surface area contributed by atoms with E-state index in [4.69, 9.17) is 22.9 Å². The molecule has 37 heavy (non-hydrogen) atoms. The average molecular weight is 522 g/mol. The van der Waals surface area contributed by atoms with E-state index in [-0.39, 0.29) is 12.8 Å². The lowest BCUT2D eigenvalue weighted by Crippen LogP contribution is -2.58. The molecule has 0 saturated carbocycles. The van der Waals surface area contributed by atoms with Crippen LogP contribution in [0.5, 0.6) is 0 Å². The number of benzene rings is 1. The van der Waals surface area contributed by atoms with Crippen LogP contribution < -0.4 is 38.9 Å². The molecule has 12 N–H and O–H groups in total. The lowest BCUT2D eigenvalue weighted by Gasteiger charge is -2.24. The summed E-state index contributed by atoms with van der Waals surface area (Å²) >= 11 is 0. The molecule has 4 unspecified atom stereocenters. The third-order valence-electron chi connectivity index (χ3n) is 5.27. The van der Waals surface area contributed by atoms with Crippen LogP contribution in [-0.4, -0.2) is 71.3 Å². The number of primary amides is 2. The molecule has 14 nitrogen and oxygen atoms in total. The van der Waals surface area contributed by atoms with Crippen molar-refractivity contribution in [2.24, 2.45) is 22.9 Å². The van der Waals surface area contributed by atoms with E-state index in [0.717, 1.165) is 5.56 Å². The van der Waals surface area contributed by atoms with Gasteiger partial charge in [0.05, 0.1) is 18.9 Å². The smallest absolute Gasteiger partial charge is 0.326 e. The quantitative estimate of drug-likeness (QED) is 0.0968. The predicted octanol–water partition coefficient (Wildman–Crippen LogP) is -3.02. The lowest BCUT2D eigenvalue weighted by molar-refractivity contribution is -0.144. The average Bonchev–Trinajstić information content (AvgIpc) is 2.82. The number of amides is 5. The molecule has 0 spiro atoms. The molecule has 0 saturated heterocycles. The minimum atomic E-state index is -1.69. The van der Waals surface area contributed by atoms with Gasteiger partial charge in [-0.25, -0.2) is 4.79 Å². The number of carbonyl (C=O) groups excluding carboxylic acids is 5. The number of rotatable bonds is 17. The Morgan fingerprint density at radius 1 is 0.757 bits per heavy atom. The van der Waals surface area contributed by atoms with Gasteiger partial charge in [0, 0.05) is 0 Å². The second kappa shape index (κ2) is 15.9. The topological polar surface area (TPSA) is 263 Å². The highest BCUT2D eigenvalue weighted by Crippen LogP contribution is 2.06. The van der Waals surface area contributed by atoms with E-state index in [1.54, 1.807) is 24.3 Å². The summed E-state index contributed by atoms with van der Waals surface area (Å²) in [4.78, 5) is 72.4. The van der Waals surface area contributed by atoms with Crippen molar-refractivity contribution in [3.05, 3.63) is 35.9 Å². The first-order valence-corrected chi connectivity index (χ1v) is 11.6. The minimum absolute atomic E-state index is 0.150. The molecule has 14 heteroatoms. The number of hydrogen-bond donors (Lipinski definition) is 8. The summed E-state index contributed by atoms with van der Waals surface area (Å²) in [5.41, 5.74) is 22.5. The number of carboxylic acids is 1. The summed E-state index contributed by atoms with van der Waals surface area (Å²) in [5.74, 6) is -6.00. The minimum Gasteiger partial charge on any atom is -0.480 e. The second-order valence-electron chi connectivity index (χ2n) is 8.44. The summed E-state index contributed by atoms with van der Waals surface area (Å²) < 4.78 is 0. The zero-order valence-electron chi connectivity index (χ0n) is 20.4. The van der Waals surface area contributed by atoms with Crippen molar-refractivity contribution < 1.29 is 33.9 Å². The SMILES string of the molecule is NCCCCC(NC(=O)C(N)Cc1ccccc1)C(=O)NC(CC(N)=O)C(=O)NC(CC(N)=O)C(=O)O. The van der Waals surface area contributed by atoms with E-state index in [2.05, 4.69) is 16.0 Å². The van der Waals surface area contributed by atoms with E-state index in [1.807, 2.05) is 6.07 Å². The Morgan fingerprint density at radius 3 is 1.81 bits per heavy atom. The van der Waals surface area contributed by atoms with Crippen molar-refractivity contribution in [3.63, 3.8) is 0 Å². The Labute approximate surface area is 213 Å². The molecule has 1 aromatic rings. The van der Waals surface area contributed by atoms with Gasteiger partial charge in [0.15, 0.2) is 0 Å². The van der Waals surface area contributed by atoms with Crippen LogP contribution >= 0.6 is 0 Å². The Balaban J connectivity index is 2.98. The van der Waals surface area contributed by atoms with Crippen LogP contribution in [0.1, 0.15) is 37.7 Å². The first-order chi connectivity index (χ1) is 17.4. The summed E-state index contributed by atoms with van der Waals surface area (Å²) in [5, 5.41) is 16.1. The van der Waals surface area contributed by atoms with E-state index in [1.165, 1.54) is 0 Å². The maximum absolute atomic E-state index is 13.0. The van der Waals surface area contributed by atoms with Gasteiger partial charge < -0.3 is 44.0 Å². The fraction of sp³-hybridized carbons (Fsp3) is 0.478. The van der Waals surface area contributed by atoms with Crippen molar-refractivity contribution in [1.29, 1.82) is 0 Å². The van der Waals surface area contributed by atoms with Gasteiger partial charge in [-0.05, 0) is 37.8 Å². The molecule has 0 bridgehead atoms. The van der Waals surface area contributed by atoms with Crippen molar-refractivity contribution in [2.75, 3.05) is 6.54 Å². The van der Waals surface area contributed by atoms with Gasteiger partial charge in [0.25, 0.3) is 0 Å². The van der Waals surface area contributed by atoms with Gasteiger partial charge in [-0.2, -0.15) is 0 Å². The molecule has 1 rings (SSSR count). The van der Waals surface area contributed by atoms with Crippen molar-refractivity contribution >= 4 is 35.5 Å². The number of nitrogens with two attached hydrogens (primary N) is 4. The molecule has 0 fully saturated rings. The van der Waals surface area contributed by atoms with Gasteiger partial charge in [-0.15, -0.1) is 0 Å². The van der Waals surface area contributed by atoms with Crippen LogP contribution in [0.2, 0.25) is 0 Å². The molecule has 0 aliphatic heterocycles. The zero-order chi connectivity index (χ0) is 28.0. The predicted molar refractivity (Wildman–Crippen MR) is 132 cm³/mol. The largest absolute Gasteiger partial charge is 0.480 e. The third-order valence-corrected chi connectivity index (χ3v) is 5.27. The van der Waals surface area contributed by atoms with Gasteiger partial charge in [-0.3, -0.25) is 24.0 Å². The molecule has 4 atom stereocenters. The van der Waals surface area contributed by atoms with Crippen LogP contribution in [0.3, 0.4) is 0 Å². The summed E-state index contributed by atoms with van der Waals surface area (Å²) in [6, 6.07) is 3.64. The van der Waals surface area contributed by atoms with E-state index < -0.39 is 72.5 Å². The van der Waals surface area contributed by atoms with Crippen LogP contribution in [0.25, 0.3) is 0 Å². The van der Waals surface area contributed by atoms with Gasteiger partial charge in [0.2, 0.25) is 29.5 Å². The molecule has 1 aromatic carbocycles. The number of aliphatic carboxylic acids is 1. The van der Waals surface area contributed by atoms with E-state index >= 15 is 0 Å². The van der Waals surface area contributed by atoms with E-state index in [0.29, 0.717) is 19.4 Å². The molecule has 0 radical (unpaired) electrons. The Bertz CT molecular complexity index is 958.